The lowest BCUT2D eigenvalue weighted by molar-refractivity contribution is 0.356. The minimum Gasteiger partial charge on any atom is -0.507 e. The van der Waals surface area contributed by atoms with E-state index in [2.05, 4.69) is 4.98 Å². The number of fused-ring (bicyclic) bond motifs is 6. The summed E-state index contributed by atoms with van der Waals surface area (Å²) in [7, 11) is -0.873. The highest BCUT2D eigenvalue weighted by molar-refractivity contribution is 7.90. The highest BCUT2D eigenvalue weighted by Crippen LogP contribution is 2.44. The number of hydrogen-bond acceptors (Lipinski definition) is 6. The molecule has 2 heterocycles. The van der Waals surface area contributed by atoms with Crippen LogP contribution in [0.4, 0.5) is 0 Å². The first kappa shape index (κ1) is 21.2. The molecule has 0 aliphatic heterocycles. The minimum atomic E-state index is -3.97. The van der Waals surface area contributed by atoms with E-state index in [4.69, 9.17) is 9.47 Å². The van der Waals surface area contributed by atoms with Gasteiger partial charge in [0.25, 0.3) is 10.0 Å². The molecule has 0 saturated carbocycles. The molecule has 0 unspecified atom stereocenters. The fourth-order valence-corrected chi connectivity index (χ4v) is 6.26. The Morgan fingerprint density at radius 1 is 0.771 bits per heavy atom. The van der Waals surface area contributed by atoms with Crippen molar-refractivity contribution in [2.45, 2.75) is 4.90 Å². The van der Waals surface area contributed by atoms with Crippen molar-refractivity contribution in [3.05, 3.63) is 79.0 Å². The topological polar surface area (TPSA) is 90.6 Å². The molecule has 0 amide bonds. The van der Waals surface area contributed by atoms with E-state index < -0.39 is 10.0 Å². The van der Waals surface area contributed by atoms with E-state index in [-0.39, 0.29) is 10.6 Å². The number of aromatic nitrogens is 2. The number of phenolic OH excluding ortho intramolecular Hbond substituents is 1. The molecule has 0 atom stereocenters. The number of para-hydroxylation sites is 1. The van der Waals surface area contributed by atoms with Crippen LogP contribution in [0, 0.1) is 0 Å². The molecule has 6 rings (SSSR count). The van der Waals surface area contributed by atoms with Gasteiger partial charge in [0.15, 0.2) is 11.5 Å². The first-order valence-corrected chi connectivity index (χ1v) is 12.3. The summed E-state index contributed by atoms with van der Waals surface area (Å²) in [5.41, 5.74) is 1.48. The summed E-state index contributed by atoms with van der Waals surface area (Å²) in [6, 6.07) is 20.8. The predicted molar refractivity (Wildman–Crippen MR) is 136 cm³/mol. The second kappa shape index (κ2) is 7.61. The van der Waals surface area contributed by atoms with Crippen LogP contribution in [-0.4, -0.2) is 36.7 Å². The van der Waals surface area contributed by atoms with Crippen LogP contribution in [0.1, 0.15) is 0 Å². The van der Waals surface area contributed by atoms with E-state index in [1.165, 1.54) is 3.97 Å². The highest BCUT2D eigenvalue weighted by Gasteiger charge is 2.26. The maximum absolute atomic E-state index is 13.9. The zero-order valence-electron chi connectivity index (χ0n) is 18.9. The largest absolute Gasteiger partial charge is 0.507 e. The van der Waals surface area contributed by atoms with Gasteiger partial charge in [0, 0.05) is 28.4 Å². The number of pyridine rings is 1. The van der Waals surface area contributed by atoms with Gasteiger partial charge in [-0.25, -0.2) is 12.4 Å². The third kappa shape index (κ3) is 2.96. The number of aromatic hydroxyl groups is 1. The normalized spacial score (nSPS) is 12.1. The Morgan fingerprint density at radius 2 is 1.46 bits per heavy atom. The van der Waals surface area contributed by atoms with Crippen LogP contribution in [0.5, 0.6) is 17.2 Å². The van der Waals surface area contributed by atoms with Crippen molar-refractivity contribution < 1.29 is 23.0 Å². The number of methoxy groups -OCH3 is 2. The molecule has 0 bridgehead atoms. The molecule has 6 aromatic rings. The molecule has 4 aromatic carbocycles. The second-order valence-electron chi connectivity index (χ2n) is 8.16. The van der Waals surface area contributed by atoms with Crippen molar-refractivity contribution in [3.8, 4) is 17.2 Å². The van der Waals surface area contributed by atoms with Gasteiger partial charge in [-0.05, 0) is 35.7 Å². The first-order chi connectivity index (χ1) is 17.0. The van der Waals surface area contributed by atoms with Gasteiger partial charge in [0.1, 0.15) is 5.75 Å². The molecule has 35 heavy (non-hydrogen) atoms. The quantitative estimate of drug-likeness (QED) is 0.334. The average molecular weight is 485 g/mol. The van der Waals surface area contributed by atoms with Gasteiger partial charge in [-0.3, -0.25) is 4.98 Å². The first-order valence-electron chi connectivity index (χ1n) is 10.9. The number of benzene rings is 4. The summed E-state index contributed by atoms with van der Waals surface area (Å²) in [6.07, 6.45) is 1.59. The molecule has 0 aliphatic rings. The minimum absolute atomic E-state index is 0.0279. The summed E-state index contributed by atoms with van der Waals surface area (Å²) in [5, 5.41) is 14.4. The summed E-state index contributed by atoms with van der Waals surface area (Å²) in [4.78, 5) is 4.68. The summed E-state index contributed by atoms with van der Waals surface area (Å²) < 4.78 is 39.9. The SMILES string of the molecule is COc1cc2ncc3c(O)c4c5ccccc5n(S(=O)(=O)c5ccccc5)c4cc3c2cc1OC. The van der Waals surface area contributed by atoms with Gasteiger partial charge < -0.3 is 14.6 Å². The van der Waals surface area contributed by atoms with Crippen LogP contribution >= 0.6 is 0 Å². The Bertz CT molecular complexity index is 1890. The van der Waals surface area contributed by atoms with Crippen LogP contribution in [-0.2, 0) is 10.0 Å². The van der Waals surface area contributed by atoms with E-state index in [0.29, 0.717) is 55.0 Å². The van der Waals surface area contributed by atoms with E-state index in [0.717, 1.165) is 0 Å². The lowest BCUT2D eigenvalue weighted by Gasteiger charge is -2.13. The number of nitrogens with zero attached hydrogens (tertiary/aromatic N) is 2. The molecular formula is C27H20N2O5S. The molecule has 8 heteroatoms. The third-order valence-corrected chi connectivity index (χ3v) is 8.08. The van der Waals surface area contributed by atoms with Crippen LogP contribution in [0.2, 0.25) is 0 Å². The number of phenols is 1. The average Bonchev–Trinajstić information content (AvgIpc) is 3.23. The number of rotatable bonds is 4. The molecule has 0 fully saturated rings. The zero-order chi connectivity index (χ0) is 24.3. The number of hydrogen-bond donors (Lipinski definition) is 1. The van der Waals surface area contributed by atoms with Gasteiger partial charge >= 0.3 is 0 Å². The van der Waals surface area contributed by atoms with Crippen LogP contribution < -0.4 is 9.47 Å². The molecule has 0 saturated heterocycles. The van der Waals surface area contributed by atoms with E-state index in [9.17, 15) is 13.5 Å². The monoisotopic (exact) mass is 484 g/mol. The fourth-order valence-electron chi connectivity index (χ4n) is 4.72. The molecule has 7 nitrogen and oxygen atoms in total. The van der Waals surface area contributed by atoms with E-state index in [1.807, 2.05) is 12.1 Å². The zero-order valence-corrected chi connectivity index (χ0v) is 19.7. The van der Waals surface area contributed by atoms with E-state index >= 15 is 0 Å². The van der Waals surface area contributed by atoms with Gasteiger partial charge in [-0.15, -0.1) is 0 Å². The van der Waals surface area contributed by atoms with Crippen LogP contribution in [0.3, 0.4) is 0 Å². The Morgan fingerprint density at radius 3 is 2.20 bits per heavy atom. The van der Waals surface area contributed by atoms with Crippen molar-refractivity contribution in [1.29, 1.82) is 0 Å². The maximum Gasteiger partial charge on any atom is 0.268 e. The maximum atomic E-state index is 13.9. The lowest BCUT2D eigenvalue weighted by atomic mass is 10.0. The van der Waals surface area contributed by atoms with E-state index in [1.54, 1.807) is 81.1 Å². The molecule has 0 aliphatic carbocycles. The highest BCUT2D eigenvalue weighted by atomic mass is 32.2. The van der Waals surface area contributed by atoms with Crippen molar-refractivity contribution in [3.63, 3.8) is 0 Å². The van der Waals surface area contributed by atoms with Gasteiger partial charge in [-0.1, -0.05) is 36.4 Å². The molecule has 0 spiro atoms. The smallest absolute Gasteiger partial charge is 0.268 e. The number of ether oxygens (including phenoxy) is 2. The Balaban J connectivity index is 1.82. The molecule has 2 aromatic heterocycles. The summed E-state index contributed by atoms with van der Waals surface area (Å²) in [6.45, 7) is 0. The van der Waals surface area contributed by atoms with Crippen molar-refractivity contribution in [2.75, 3.05) is 14.2 Å². The Kier molecular flexibility index (Phi) is 4.62. The summed E-state index contributed by atoms with van der Waals surface area (Å²) in [5.74, 6) is 1.00. The van der Waals surface area contributed by atoms with Gasteiger partial charge in [0.2, 0.25) is 0 Å². The molecule has 1 N–H and O–H groups in total. The predicted octanol–water partition coefficient (Wildman–Crippen LogP) is 5.46. The molecule has 174 valence electrons. The van der Waals surface area contributed by atoms with Gasteiger partial charge in [0.05, 0.1) is 41.1 Å². The Labute approximate surface area is 200 Å². The Hall–Kier alpha value is -4.30. The lowest BCUT2D eigenvalue weighted by Crippen LogP contribution is -2.12. The van der Waals surface area contributed by atoms with Crippen molar-refractivity contribution in [2.24, 2.45) is 0 Å². The van der Waals surface area contributed by atoms with Crippen molar-refractivity contribution in [1.82, 2.24) is 8.96 Å². The van der Waals surface area contributed by atoms with Gasteiger partial charge in [-0.2, -0.15) is 0 Å². The second-order valence-corrected chi connectivity index (χ2v) is 9.95. The van der Waals surface area contributed by atoms with Crippen LogP contribution in [0.25, 0.3) is 43.5 Å². The summed E-state index contributed by atoms with van der Waals surface area (Å²) >= 11 is 0. The van der Waals surface area contributed by atoms with Crippen molar-refractivity contribution >= 4 is 53.5 Å². The molecular weight excluding hydrogens is 464 g/mol. The standard InChI is InChI=1S/C27H20N2O5S/c1-33-24-13-19-18-12-23-26(27(30)20(18)15-28-21(19)14-25(24)34-2)17-10-6-7-11-22(17)29(23)35(31,32)16-8-4-3-5-9-16/h3-15,30H,1-2H3. The molecule has 0 radical (unpaired) electrons. The van der Waals surface area contributed by atoms with Crippen LogP contribution in [0.15, 0.2) is 83.9 Å². The fraction of sp³-hybridized carbons (Fsp3) is 0.0741. The third-order valence-electron chi connectivity index (χ3n) is 6.34.